The largest absolute Gasteiger partial charge is 0.416 e. The van der Waals surface area contributed by atoms with E-state index in [2.05, 4.69) is 0 Å². The molecule has 1 saturated heterocycles. The maximum absolute atomic E-state index is 12.9. The highest BCUT2D eigenvalue weighted by Gasteiger charge is 2.34. The van der Waals surface area contributed by atoms with E-state index in [0.29, 0.717) is 0 Å². The molecule has 1 aromatic rings. The van der Waals surface area contributed by atoms with Gasteiger partial charge in [0.1, 0.15) is 0 Å². The van der Waals surface area contributed by atoms with Gasteiger partial charge in [0.25, 0.3) is 0 Å². The van der Waals surface area contributed by atoms with E-state index in [-0.39, 0.29) is 42.4 Å². The van der Waals surface area contributed by atoms with Crippen LogP contribution in [0.2, 0.25) is 0 Å². The van der Waals surface area contributed by atoms with Crippen LogP contribution in [0.5, 0.6) is 0 Å². The standard InChI is InChI=1S/C12H15F3N2O2S/c13-12(14,15)10-2-1-3-11(16)9(10)8-17-4-6-20(18,19)7-5-17/h1-3H,4-8,16H2. The van der Waals surface area contributed by atoms with Crippen molar-refractivity contribution in [3.63, 3.8) is 0 Å². The molecule has 4 nitrogen and oxygen atoms in total. The van der Waals surface area contributed by atoms with Crippen molar-refractivity contribution in [3.05, 3.63) is 29.3 Å². The molecule has 0 spiro atoms. The van der Waals surface area contributed by atoms with Gasteiger partial charge in [-0.15, -0.1) is 0 Å². The number of nitrogens with zero attached hydrogens (tertiary/aromatic N) is 1. The molecule has 1 aliphatic rings. The fraction of sp³-hybridized carbons (Fsp3) is 0.500. The van der Waals surface area contributed by atoms with Gasteiger partial charge >= 0.3 is 6.18 Å². The van der Waals surface area contributed by atoms with Gasteiger partial charge in [-0.05, 0) is 12.1 Å². The maximum Gasteiger partial charge on any atom is 0.416 e. The lowest BCUT2D eigenvalue weighted by Gasteiger charge is -2.28. The number of nitrogen functional groups attached to an aromatic ring is 1. The number of sulfone groups is 1. The van der Waals surface area contributed by atoms with Crippen molar-refractivity contribution in [2.24, 2.45) is 0 Å². The number of halogens is 3. The van der Waals surface area contributed by atoms with Crippen molar-refractivity contribution in [2.75, 3.05) is 30.3 Å². The summed E-state index contributed by atoms with van der Waals surface area (Å²) in [5.41, 5.74) is 4.98. The lowest BCUT2D eigenvalue weighted by molar-refractivity contribution is -0.138. The Morgan fingerprint density at radius 2 is 1.80 bits per heavy atom. The van der Waals surface area contributed by atoms with Gasteiger partial charge < -0.3 is 5.73 Å². The number of hydrogen-bond acceptors (Lipinski definition) is 4. The summed E-state index contributed by atoms with van der Waals surface area (Å²) in [7, 11) is -3.05. The van der Waals surface area contributed by atoms with Crippen LogP contribution < -0.4 is 5.73 Å². The van der Waals surface area contributed by atoms with Crippen LogP contribution in [0.3, 0.4) is 0 Å². The third kappa shape index (κ3) is 3.43. The Kier molecular flexibility index (Phi) is 3.97. The third-order valence-electron chi connectivity index (χ3n) is 3.34. The highest BCUT2D eigenvalue weighted by atomic mass is 32.2. The third-order valence-corrected chi connectivity index (χ3v) is 4.95. The fourth-order valence-corrected chi connectivity index (χ4v) is 3.46. The molecule has 1 aromatic carbocycles. The molecule has 1 aliphatic heterocycles. The van der Waals surface area contributed by atoms with Crippen LogP contribution in [0.1, 0.15) is 11.1 Å². The number of nitrogens with two attached hydrogens (primary N) is 1. The Labute approximate surface area is 115 Å². The SMILES string of the molecule is Nc1cccc(C(F)(F)F)c1CN1CCS(=O)(=O)CC1. The summed E-state index contributed by atoms with van der Waals surface area (Å²) >= 11 is 0. The van der Waals surface area contributed by atoms with Crippen LogP contribution in [0.15, 0.2) is 18.2 Å². The molecule has 2 rings (SSSR count). The lowest BCUT2D eigenvalue weighted by Crippen LogP contribution is -2.40. The molecule has 20 heavy (non-hydrogen) atoms. The minimum absolute atomic E-state index is 0.0109. The molecule has 1 heterocycles. The molecule has 1 fully saturated rings. The van der Waals surface area contributed by atoms with Crippen molar-refractivity contribution in [3.8, 4) is 0 Å². The summed E-state index contributed by atoms with van der Waals surface area (Å²) in [4.78, 5) is 1.68. The Balaban J connectivity index is 2.22. The van der Waals surface area contributed by atoms with Crippen molar-refractivity contribution in [1.29, 1.82) is 0 Å². The predicted molar refractivity (Wildman–Crippen MR) is 69.8 cm³/mol. The van der Waals surface area contributed by atoms with Crippen LogP contribution in [0.25, 0.3) is 0 Å². The lowest BCUT2D eigenvalue weighted by atomic mass is 10.0. The monoisotopic (exact) mass is 308 g/mol. The molecule has 0 unspecified atom stereocenters. The Bertz CT molecular complexity index is 585. The van der Waals surface area contributed by atoms with Crippen molar-refractivity contribution >= 4 is 15.5 Å². The van der Waals surface area contributed by atoms with Gasteiger partial charge in [-0.1, -0.05) is 6.07 Å². The minimum atomic E-state index is -4.47. The van der Waals surface area contributed by atoms with Gasteiger partial charge in [0.15, 0.2) is 9.84 Å². The molecule has 0 saturated carbocycles. The van der Waals surface area contributed by atoms with Gasteiger partial charge in [0.05, 0.1) is 17.1 Å². The van der Waals surface area contributed by atoms with Gasteiger partial charge in [-0.3, -0.25) is 4.90 Å². The van der Waals surface area contributed by atoms with Crippen LogP contribution >= 0.6 is 0 Å². The van der Waals surface area contributed by atoms with Crippen LogP contribution in [-0.2, 0) is 22.6 Å². The first-order valence-corrected chi connectivity index (χ1v) is 7.88. The van der Waals surface area contributed by atoms with Gasteiger partial charge in [0, 0.05) is 30.9 Å². The second-order valence-corrected chi connectivity index (χ2v) is 7.10. The quantitative estimate of drug-likeness (QED) is 0.841. The maximum atomic E-state index is 12.9. The van der Waals surface area contributed by atoms with E-state index in [1.807, 2.05) is 0 Å². The van der Waals surface area contributed by atoms with Crippen molar-refractivity contribution in [2.45, 2.75) is 12.7 Å². The van der Waals surface area contributed by atoms with E-state index in [9.17, 15) is 21.6 Å². The molecule has 0 radical (unpaired) electrons. The zero-order valence-corrected chi connectivity index (χ0v) is 11.5. The Morgan fingerprint density at radius 3 is 2.35 bits per heavy atom. The molecule has 2 N–H and O–H groups in total. The number of rotatable bonds is 2. The first-order chi connectivity index (χ1) is 9.19. The minimum Gasteiger partial charge on any atom is -0.398 e. The number of alkyl halides is 3. The average molecular weight is 308 g/mol. The van der Waals surface area contributed by atoms with E-state index >= 15 is 0 Å². The fourth-order valence-electron chi connectivity index (χ4n) is 2.18. The molecule has 0 bridgehead atoms. The first-order valence-electron chi connectivity index (χ1n) is 6.06. The van der Waals surface area contributed by atoms with Gasteiger partial charge in [0.2, 0.25) is 0 Å². The number of hydrogen-bond donors (Lipinski definition) is 1. The average Bonchev–Trinajstić information content (AvgIpc) is 2.32. The topological polar surface area (TPSA) is 63.4 Å². The van der Waals surface area contributed by atoms with E-state index in [1.165, 1.54) is 12.1 Å². The normalized spacial score (nSPS) is 19.9. The summed E-state index contributed by atoms with van der Waals surface area (Å²) in [6.07, 6.45) is -4.47. The van der Waals surface area contributed by atoms with Crippen molar-refractivity contribution in [1.82, 2.24) is 4.90 Å². The molecular formula is C12H15F3N2O2S. The Hall–Kier alpha value is -1.28. The first kappa shape index (κ1) is 15.1. The van der Waals surface area contributed by atoms with Crippen molar-refractivity contribution < 1.29 is 21.6 Å². The smallest absolute Gasteiger partial charge is 0.398 e. The highest BCUT2D eigenvalue weighted by Crippen LogP contribution is 2.35. The molecule has 0 amide bonds. The van der Waals surface area contributed by atoms with Crippen LogP contribution in [0.4, 0.5) is 18.9 Å². The zero-order valence-electron chi connectivity index (χ0n) is 10.7. The highest BCUT2D eigenvalue weighted by molar-refractivity contribution is 7.91. The summed E-state index contributed by atoms with van der Waals surface area (Å²) in [6, 6.07) is 3.68. The summed E-state index contributed by atoms with van der Waals surface area (Å²) in [6.45, 7) is 0.471. The molecule has 112 valence electrons. The van der Waals surface area contributed by atoms with Crippen LogP contribution in [-0.4, -0.2) is 37.9 Å². The van der Waals surface area contributed by atoms with Gasteiger partial charge in [-0.2, -0.15) is 13.2 Å². The van der Waals surface area contributed by atoms with E-state index in [0.717, 1.165) is 6.07 Å². The molecule has 0 aromatic heterocycles. The van der Waals surface area contributed by atoms with E-state index in [4.69, 9.17) is 5.73 Å². The summed E-state index contributed by atoms with van der Waals surface area (Å²) in [5, 5.41) is 0. The molecule has 0 atom stereocenters. The van der Waals surface area contributed by atoms with Crippen LogP contribution in [0, 0.1) is 0 Å². The van der Waals surface area contributed by atoms with Gasteiger partial charge in [-0.25, -0.2) is 8.42 Å². The molecule has 8 heteroatoms. The second-order valence-electron chi connectivity index (χ2n) is 4.80. The molecular weight excluding hydrogens is 293 g/mol. The summed E-state index contributed by atoms with van der Waals surface area (Å²) < 4.78 is 61.4. The summed E-state index contributed by atoms with van der Waals surface area (Å²) in [5.74, 6) is -0.0534. The van der Waals surface area contributed by atoms with E-state index < -0.39 is 21.6 Å². The van der Waals surface area contributed by atoms with E-state index in [1.54, 1.807) is 4.90 Å². The zero-order chi connectivity index (χ0) is 15.0. The number of benzene rings is 1. The number of anilines is 1. The second kappa shape index (κ2) is 5.25. The predicted octanol–water partition coefficient (Wildman–Crippen LogP) is 1.52. The Morgan fingerprint density at radius 1 is 1.20 bits per heavy atom. The molecule has 0 aliphatic carbocycles.